The van der Waals surface area contributed by atoms with Gasteiger partial charge in [-0.25, -0.2) is 0 Å². The second-order valence-corrected chi connectivity index (χ2v) is 7.55. The second-order valence-electron chi connectivity index (χ2n) is 7.55. The minimum atomic E-state index is -0.210. The molecule has 0 saturated carbocycles. The third kappa shape index (κ3) is 2.83. The van der Waals surface area contributed by atoms with Gasteiger partial charge in [0.1, 0.15) is 0 Å². The van der Waals surface area contributed by atoms with E-state index in [-0.39, 0.29) is 29.9 Å². The van der Waals surface area contributed by atoms with Gasteiger partial charge in [0.15, 0.2) is 12.4 Å². The van der Waals surface area contributed by atoms with E-state index in [1.165, 1.54) is 11.1 Å². The largest absolute Gasteiger partial charge is 0.481 e. The fourth-order valence-corrected chi connectivity index (χ4v) is 3.89. The summed E-state index contributed by atoms with van der Waals surface area (Å²) in [5.74, 6) is 0.0463. The van der Waals surface area contributed by atoms with Crippen LogP contribution in [0.4, 0.5) is 5.69 Å². The Kier molecular flexibility index (Phi) is 3.94. The summed E-state index contributed by atoms with van der Waals surface area (Å²) in [6.45, 7) is 4.42. The van der Waals surface area contributed by atoms with Gasteiger partial charge in [0.25, 0.3) is 11.8 Å². The zero-order valence-electron chi connectivity index (χ0n) is 15.0. The van der Waals surface area contributed by atoms with Crippen LogP contribution in [0.25, 0.3) is 0 Å². The number of amides is 2. The first-order valence-electron chi connectivity index (χ1n) is 8.92. The van der Waals surface area contributed by atoms with Crippen molar-refractivity contribution in [1.29, 1.82) is 0 Å². The monoisotopic (exact) mass is 350 g/mol. The van der Waals surface area contributed by atoms with E-state index in [9.17, 15) is 9.59 Å². The van der Waals surface area contributed by atoms with Crippen molar-refractivity contribution in [3.63, 3.8) is 0 Å². The quantitative estimate of drug-likeness (QED) is 0.870. The fourth-order valence-electron chi connectivity index (χ4n) is 3.89. The molecule has 0 spiro atoms. The van der Waals surface area contributed by atoms with E-state index in [1.54, 1.807) is 18.2 Å². The molecule has 2 aliphatic rings. The summed E-state index contributed by atoms with van der Waals surface area (Å²) in [4.78, 5) is 24.4. The van der Waals surface area contributed by atoms with E-state index >= 15 is 0 Å². The molecule has 4 rings (SSSR count). The number of ether oxygens (including phenoxy) is 1. The Bertz CT molecular complexity index is 889. The van der Waals surface area contributed by atoms with Crippen LogP contribution < -0.4 is 15.4 Å². The zero-order valence-corrected chi connectivity index (χ0v) is 15.0. The molecule has 2 N–H and O–H groups in total. The Morgan fingerprint density at radius 1 is 1.19 bits per heavy atom. The second kappa shape index (κ2) is 6.16. The highest BCUT2D eigenvalue weighted by Crippen LogP contribution is 2.41. The van der Waals surface area contributed by atoms with Crippen LogP contribution in [0.2, 0.25) is 0 Å². The predicted octanol–water partition coefficient (Wildman–Crippen LogP) is 3.56. The molecular weight excluding hydrogens is 328 g/mol. The lowest BCUT2D eigenvalue weighted by Crippen LogP contribution is -2.36. The third-order valence-corrected chi connectivity index (χ3v) is 5.31. The van der Waals surface area contributed by atoms with E-state index in [4.69, 9.17) is 4.74 Å². The highest BCUT2D eigenvalue weighted by Gasteiger charge is 2.33. The van der Waals surface area contributed by atoms with Crippen LogP contribution in [-0.2, 0) is 10.2 Å². The predicted molar refractivity (Wildman–Crippen MR) is 99.5 cm³/mol. The third-order valence-electron chi connectivity index (χ3n) is 5.31. The average molecular weight is 350 g/mol. The molecule has 1 aliphatic carbocycles. The number of carbonyl (C=O) groups is 2. The van der Waals surface area contributed by atoms with Gasteiger partial charge in [0, 0.05) is 0 Å². The van der Waals surface area contributed by atoms with Crippen LogP contribution in [0.1, 0.15) is 54.2 Å². The lowest BCUT2D eigenvalue weighted by molar-refractivity contribution is -0.118. The first kappa shape index (κ1) is 16.6. The van der Waals surface area contributed by atoms with Gasteiger partial charge in [-0.05, 0) is 41.5 Å². The molecule has 0 radical (unpaired) electrons. The molecule has 5 nitrogen and oxygen atoms in total. The minimum absolute atomic E-state index is 0.0271. The van der Waals surface area contributed by atoms with Gasteiger partial charge in [-0.15, -0.1) is 0 Å². The highest BCUT2D eigenvalue weighted by atomic mass is 16.5. The summed E-state index contributed by atoms with van der Waals surface area (Å²) in [6.07, 6.45) is 1.90. The minimum Gasteiger partial charge on any atom is -0.481 e. The zero-order chi connectivity index (χ0) is 18.3. The molecule has 0 fully saturated rings. The maximum atomic E-state index is 12.9. The normalized spacial score (nSPS) is 20.2. The molecule has 1 aliphatic heterocycles. The summed E-state index contributed by atoms with van der Waals surface area (Å²) < 4.78 is 5.51. The maximum Gasteiger partial charge on any atom is 0.262 e. The number of carbonyl (C=O) groups excluding carboxylic acids is 2. The smallest absolute Gasteiger partial charge is 0.262 e. The lowest BCUT2D eigenvalue weighted by Gasteiger charge is -2.37. The molecule has 1 atom stereocenters. The van der Waals surface area contributed by atoms with Gasteiger partial charge in [-0.2, -0.15) is 0 Å². The van der Waals surface area contributed by atoms with Gasteiger partial charge in [0.05, 0.1) is 17.3 Å². The van der Waals surface area contributed by atoms with Crippen molar-refractivity contribution in [1.82, 2.24) is 5.32 Å². The number of nitrogens with one attached hydrogen (secondary N) is 2. The number of anilines is 1. The topological polar surface area (TPSA) is 67.4 Å². The number of benzene rings is 2. The van der Waals surface area contributed by atoms with Crippen molar-refractivity contribution in [3.8, 4) is 5.75 Å². The van der Waals surface area contributed by atoms with Gasteiger partial charge in [-0.1, -0.05) is 44.2 Å². The SMILES string of the molecule is CC1(C)CCC(NC(=O)c2cccc3c2OCC(=O)N3)c2ccccc21. The molecule has 1 heterocycles. The van der Waals surface area contributed by atoms with Crippen molar-refractivity contribution in [3.05, 3.63) is 59.2 Å². The number of rotatable bonds is 2. The number of para-hydroxylation sites is 1. The van der Waals surface area contributed by atoms with Crippen LogP contribution >= 0.6 is 0 Å². The first-order valence-corrected chi connectivity index (χ1v) is 8.92. The average Bonchev–Trinajstić information content (AvgIpc) is 2.63. The van der Waals surface area contributed by atoms with E-state index < -0.39 is 0 Å². The highest BCUT2D eigenvalue weighted by molar-refractivity contribution is 6.03. The number of fused-ring (bicyclic) bond motifs is 2. The standard InChI is InChI=1S/C21H22N2O3/c1-21(2)11-10-16(13-6-3-4-8-15(13)21)23-20(25)14-7-5-9-17-19(14)26-12-18(24)22-17/h3-9,16H,10-12H2,1-2H3,(H,22,24)(H,23,25). The van der Waals surface area contributed by atoms with Gasteiger partial charge >= 0.3 is 0 Å². The molecule has 2 aromatic rings. The molecule has 0 bridgehead atoms. The Morgan fingerprint density at radius 2 is 2.00 bits per heavy atom. The van der Waals surface area contributed by atoms with E-state index in [0.717, 1.165) is 12.8 Å². The van der Waals surface area contributed by atoms with Crippen molar-refractivity contribution in [2.24, 2.45) is 0 Å². The number of hydrogen-bond acceptors (Lipinski definition) is 3. The molecule has 0 aromatic heterocycles. The molecule has 2 amide bonds. The van der Waals surface area contributed by atoms with Crippen molar-refractivity contribution >= 4 is 17.5 Å². The Labute approximate surface area is 152 Å². The lowest BCUT2D eigenvalue weighted by atomic mass is 9.71. The van der Waals surface area contributed by atoms with E-state index in [0.29, 0.717) is 17.0 Å². The van der Waals surface area contributed by atoms with E-state index in [1.807, 2.05) is 6.07 Å². The molecule has 134 valence electrons. The molecular formula is C21H22N2O3. The van der Waals surface area contributed by atoms with Crippen LogP contribution in [0.3, 0.4) is 0 Å². The van der Waals surface area contributed by atoms with Crippen LogP contribution in [-0.4, -0.2) is 18.4 Å². The maximum absolute atomic E-state index is 12.9. The Balaban J connectivity index is 1.62. The summed E-state index contributed by atoms with van der Waals surface area (Å²) in [5, 5.41) is 5.90. The Hall–Kier alpha value is -2.82. The molecule has 0 saturated heterocycles. The van der Waals surface area contributed by atoms with Crippen molar-refractivity contribution < 1.29 is 14.3 Å². The van der Waals surface area contributed by atoms with Crippen LogP contribution in [0, 0.1) is 0 Å². The first-order chi connectivity index (χ1) is 12.5. The van der Waals surface area contributed by atoms with Gasteiger partial charge in [0.2, 0.25) is 0 Å². The molecule has 1 unspecified atom stereocenters. The molecule has 5 heteroatoms. The van der Waals surface area contributed by atoms with Crippen LogP contribution in [0.15, 0.2) is 42.5 Å². The summed E-state index contributed by atoms with van der Waals surface area (Å²) in [6, 6.07) is 13.5. The van der Waals surface area contributed by atoms with Gasteiger partial charge in [-0.3, -0.25) is 9.59 Å². The summed E-state index contributed by atoms with van der Waals surface area (Å²) >= 11 is 0. The summed E-state index contributed by atoms with van der Waals surface area (Å²) in [7, 11) is 0. The van der Waals surface area contributed by atoms with Crippen molar-refractivity contribution in [2.45, 2.75) is 38.1 Å². The number of hydrogen-bond donors (Lipinski definition) is 2. The fraction of sp³-hybridized carbons (Fsp3) is 0.333. The van der Waals surface area contributed by atoms with Crippen LogP contribution in [0.5, 0.6) is 5.75 Å². The molecule has 2 aromatic carbocycles. The Morgan fingerprint density at radius 3 is 2.85 bits per heavy atom. The molecule has 26 heavy (non-hydrogen) atoms. The van der Waals surface area contributed by atoms with E-state index in [2.05, 4.69) is 42.7 Å². The van der Waals surface area contributed by atoms with Crippen molar-refractivity contribution in [2.75, 3.05) is 11.9 Å². The summed E-state index contributed by atoms with van der Waals surface area (Å²) in [5.41, 5.74) is 3.56. The van der Waals surface area contributed by atoms with Gasteiger partial charge < -0.3 is 15.4 Å².